The second-order valence-electron chi connectivity index (χ2n) is 25.3. The molecule has 1 aliphatic rings. The number of aromatic nitrogens is 3. The molecule has 4 nitrogen and oxygen atoms in total. The van der Waals surface area contributed by atoms with E-state index in [1.165, 1.54) is 33.4 Å². The number of pyridine rings is 1. The van der Waals surface area contributed by atoms with E-state index < -0.39 is 0 Å². The maximum Gasteiger partial charge on any atom is 0.164 e. The highest BCUT2D eigenvalue weighted by molar-refractivity contribution is 6.08. The molecule has 0 unspecified atom stereocenters. The minimum Gasteiger partial charge on any atom is -0.507 e. The van der Waals surface area contributed by atoms with Gasteiger partial charge < -0.3 is 5.11 Å². The van der Waals surface area contributed by atoms with Crippen molar-refractivity contribution in [1.29, 1.82) is 0 Å². The van der Waals surface area contributed by atoms with E-state index in [1.807, 2.05) is 6.07 Å². The van der Waals surface area contributed by atoms with Gasteiger partial charge in [-0.15, -0.1) is 0 Å². The van der Waals surface area contributed by atoms with Crippen LogP contribution in [0.1, 0.15) is 103 Å². The Hall–Kier alpha value is -8.60. The largest absolute Gasteiger partial charge is 0.507 e. The molecule has 9 aromatic carbocycles. The normalized spacial score (nSPS) is 13.8. The Balaban J connectivity index is 1.22. The summed E-state index contributed by atoms with van der Waals surface area (Å²) in [6, 6.07) is 75.2. The fraction of sp³-hybridized carbons (Fsp3) is 0.211. The molecule has 2 heterocycles. The zero-order valence-electron chi connectivity index (χ0n) is 48.4. The van der Waals surface area contributed by atoms with E-state index in [0.29, 0.717) is 0 Å². The van der Waals surface area contributed by atoms with Crippen molar-refractivity contribution in [1.82, 2.24) is 14.5 Å². The van der Waals surface area contributed by atoms with Crippen molar-refractivity contribution in [2.24, 2.45) is 0 Å². The lowest BCUT2D eigenvalue weighted by Crippen LogP contribution is -2.43. The van der Waals surface area contributed by atoms with Gasteiger partial charge >= 0.3 is 0 Å². The molecule has 0 amide bonds. The number of aromatic hydroxyl groups is 1. The quantitative estimate of drug-likeness (QED) is 0.165. The van der Waals surface area contributed by atoms with E-state index in [-0.39, 0.29) is 27.4 Å². The first kappa shape index (κ1) is 52.1. The van der Waals surface area contributed by atoms with Gasteiger partial charge in [-0.1, -0.05) is 245 Å². The van der Waals surface area contributed by atoms with Gasteiger partial charge in [0.15, 0.2) is 5.82 Å². The summed E-state index contributed by atoms with van der Waals surface area (Å²) in [5.74, 6) is 0.969. The van der Waals surface area contributed by atoms with Crippen molar-refractivity contribution in [2.75, 3.05) is 0 Å². The Morgan fingerprint density at radius 3 is 1.43 bits per heavy atom. The Morgan fingerprint density at radius 2 is 0.887 bits per heavy atom. The summed E-state index contributed by atoms with van der Waals surface area (Å²) in [4.78, 5) is 11.6. The third-order valence-electron chi connectivity index (χ3n) is 17.6. The molecule has 0 aliphatic heterocycles. The number of hydrogen-bond acceptors (Lipinski definition) is 3. The lowest BCUT2D eigenvalue weighted by molar-refractivity contribution is 0.296. The SMILES string of the molecule is Cc1cccc(C)c1-n1c(-c2ccc3c(n2)-c2c(O)cccc2C(C)(C)C3(C)C)nc2c(-c3ccccc3)c(-c3c(-c4cc(-c5ccccc5)cc(C(C)(C)C)c4)cccc3-c3cc(-c4ccccc4)cc(C(C)(C)C)c3)ccc21. The molecule has 396 valence electrons. The van der Waals surface area contributed by atoms with Gasteiger partial charge in [0.2, 0.25) is 0 Å². The van der Waals surface area contributed by atoms with Crippen LogP contribution < -0.4 is 0 Å². The first-order valence-electron chi connectivity index (χ1n) is 28.3. The Kier molecular flexibility index (Phi) is 12.6. The Morgan fingerprint density at radius 1 is 0.400 bits per heavy atom. The monoisotopic (exact) mass is 1040 g/mol. The van der Waals surface area contributed by atoms with Gasteiger partial charge in [-0.2, -0.15) is 0 Å². The van der Waals surface area contributed by atoms with Gasteiger partial charge in [0, 0.05) is 16.5 Å². The summed E-state index contributed by atoms with van der Waals surface area (Å²) >= 11 is 0. The molecule has 0 atom stereocenters. The molecule has 4 heteroatoms. The lowest BCUT2D eigenvalue weighted by atomic mass is 9.56. The van der Waals surface area contributed by atoms with Crippen LogP contribution in [0.4, 0.5) is 0 Å². The number of phenols is 1. The Labute approximate surface area is 473 Å². The molecule has 2 aromatic heterocycles. The van der Waals surface area contributed by atoms with E-state index in [0.717, 1.165) is 106 Å². The highest BCUT2D eigenvalue weighted by atomic mass is 16.3. The van der Waals surface area contributed by atoms with Crippen molar-refractivity contribution in [3.8, 4) is 101 Å². The standard InChI is InChI=1S/C76H71N3O/c1-47-25-22-26-48(2)71(47)79-64-40-37-60(66(51-31-20-15-21-32-51)70(64)78-72(79)63-39-38-62-69(77-63)68-61(35-24-36-65(68)80)75(9,10)76(62,11)12)67-58(54-41-52(49-27-16-13-17-28-49)43-56(45-54)73(3,4)5)33-23-34-59(67)55-42-53(50-29-18-14-19-30-50)44-57(46-55)74(6,7)8/h13-46,80H,1-12H3. The van der Waals surface area contributed by atoms with Crippen LogP contribution in [0.25, 0.3) is 106 Å². The van der Waals surface area contributed by atoms with Crippen molar-refractivity contribution in [3.05, 3.63) is 240 Å². The highest BCUT2D eigenvalue weighted by Crippen LogP contribution is 2.56. The van der Waals surface area contributed by atoms with Crippen LogP contribution in [0.5, 0.6) is 5.75 Å². The molecule has 80 heavy (non-hydrogen) atoms. The number of phenolic OH excluding ortho intramolecular Hbond substituents is 1. The van der Waals surface area contributed by atoms with Gasteiger partial charge in [0.25, 0.3) is 0 Å². The number of rotatable bonds is 8. The molecule has 0 radical (unpaired) electrons. The summed E-state index contributed by atoms with van der Waals surface area (Å²) in [7, 11) is 0. The lowest BCUT2D eigenvalue weighted by Gasteiger charge is -2.47. The molecule has 0 fully saturated rings. The van der Waals surface area contributed by atoms with Gasteiger partial charge in [0.05, 0.1) is 22.4 Å². The van der Waals surface area contributed by atoms with Crippen molar-refractivity contribution in [3.63, 3.8) is 0 Å². The average Bonchev–Trinajstić information content (AvgIpc) is 3.83. The minimum absolute atomic E-state index is 0.133. The van der Waals surface area contributed by atoms with Gasteiger partial charge in [-0.3, -0.25) is 4.57 Å². The van der Waals surface area contributed by atoms with Crippen molar-refractivity contribution in [2.45, 2.75) is 105 Å². The smallest absolute Gasteiger partial charge is 0.164 e. The summed E-state index contributed by atoms with van der Waals surface area (Å²) in [5.41, 5.74) is 25.0. The maximum absolute atomic E-state index is 11.8. The van der Waals surface area contributed by atoms with Gasteiger partial charge in [-0.05, 0) is 155 Å². The van der Waals surface area contributed by atoms with Crippen LogP contribution in [0, 0.1) is 13.8 Å². The van der Waals surface area contributed by atoms with E-state index in [1.54, 1.807) is 6.07 Å². The number of imidazole rings is 1. The molecule has 0 bridgehead atoms. The van der Waals surface area contributed by atoms with E-state index in [9.17, 15) is 5.11 Å². The molecular formula is C76H71N3O. The predicted octanol–water partition coefficient (Wildman–Crippen LogP) is 20.2. The number of para-hydroxylation sites is 1. The summed E-state index contributed by atoms with van der Waals surface area (Å²) in [6.07, 6.45) is 0. The van der Waals surface area contributed by atoms with Crippen LogP contribution in [0.15, 0.2) is 206 Å². The van der Waals surface area contributed by atoms with Crippen LogP contribution in [-0.2, 0) is 21.7 Å². The first-order valence-corrected chi connectivity index (χ1v) is 28.3. The zero-order chi connectivity index (χ0) is 56.0. The van der Waals surface area contributed by atoms with E-state index in [4.69, 9.17) is 9.97 Å². The van der Waals surface area contributed by atoms with E-state index >= 15 is 0 Å². The number of aryl methyl sites for hydroxylation is 2. The minimum atomic E-state index is -0.301. The molecule has 12 rings (SSSR count). The molecule has 0 saturated heterocycles. The van der Waals surface area contributed by atoms with Crippen LogP contribution >= 0.6 is 0 Å². The predicted molar refractivity (Wildman–Crippen MR) is 337 cm³/mol. The fourth-order valence-corrected chi connectivity index (χ4v) is 12.4. The molecule has 0 spiro atoms. The fourth-order valence-electron chi connectivity index (χ4n) is 12.4. The van der Waals surface area contributed by atoms with E-state index in [2.05, 4.69) is 282 Å². The summed E-state index contributed by atoms with van der Waals surface area (Å²) in [5, 5.41) is 11.8. The average molecular weight is 1040 g/mol. The number of hydrogen-bond donors (Lipinski definition) is 1. The second-order valence-corrected chi connectivity index (χ2v) is 25.3. The van der Waals surface area contributed by atoms with Crippen LogP contribution in [0.3, 0.4) is 0 Å². The zero-order valence-corrected chi connectivity index (χ0v) is 48.4. The second kappa shape index (κ2) is 19.3. The summed E-state index contributed by atoms with van der Waals surface area (Å²) in [6.45, 7) is 27.4. The number of nitrogens with zero attached hydrogens (tertiary/aromatic N) is 3. The van der Waals surface area contributed by atoms with Crippen molar-refractivity contribution < 1.29 is 5.11 Å². The van der Waals surface area contributed by atoms with Gasteiger partial charge in [0.1, 0.15) is 11.4 Å². The molecule has 11 aromatic rings. The van der Waals surface area contributed by atoms with Crippen LogP contribution in [0.2, 0.25) is 0 Å². The number of benzene rings is 9. The molecular weight excluding hydrogens is 971 g/mol. The first-order chi connectivity index (χ1) is 38.2. The molecule has 0 saturated carbocycles. The third-order valence-corrected chi connectivity index (χ3v) is 17.6. The summed E-state index contributed by atoms with van der Waals surface area (Å²) < 4.78 is 2.35. The Bertz CT molecular complexity index is 4060. The highest BCUT2D eigenvalue weighted by Gasteiger charge is 2.47. The number of fused-ring (bicyclic) bond motifs is 4. The van der Waals surface area contributed by atoms with Gasteiger partial charge in [-0.25, -0.2) is 9.97 Å². The van der Waals surface area contributed by atoms with Crippen LogP contribution in [-0.4, -0.2) is 19.6 Å². The topological polar surface area (TPSA) is 50.9 Å². The molecule has 1 N–H and O–H groups in total. The third kappa shape index (κ3) is 8.77. The van der Waals surface area contributed by atoms with Crippen molar-refractivity contribution >= 4 is 11.0 Å². The molecule has 1 aliphatic carbocycles. The maximum atomic E-state index is 11.8.